The number of benzene rings is 1. The van der Waals surface area contributed by atoms with Crippen molar-refractivity contribution in [2.24, 2.45) is 0 Å². The predicted molar refractivity (Wildman–Crippen MR) is 81.5 cm³/mol. The molecule has 0 radical (unpaired) electrons. The lowest BCUT2D eigenvalue weighted by Gasteiger charge is -2.19. The average Bonchev–Trinajstić information content (AvgIpc) is 3.22. The summed E-state index contributed by atoms with van der Waals surface area (Å²) in [5, 5.41) is 14.0. The highest BCUT2D eigenvalue weighted by atomic mass is 16.6. The van der Waals surface area contributed by atoms with E-state index in [9.17, 15) is 10.1 Å². The van der Waals surface area contributed by atoms with E-state index < -0.39 is 4.92 Å². The van der Waals surface area contributed by atoms with Crippen molar-refractivity contribution in [1.29, 1.82) is 0 Å². The molecule has 1 aliphatic rings. The van der Waals surface area contributed by atoms with Gasteiger partial charge in [0.15, 0.2) is 0 Å². The third-order valence-corrected chi connectivity index (χ3v) is 3.84. The summed E-state index contributed by atoms with van der Waals surface area (Å²) in [6, 6.07) is 5.40. The molecule has 0 atom stereocenters. The van der Waals surface area contributed by atoms with E-state index >= 15 is 0 Å². The first kappa shape index (κ1) is 13.8. The topological polar surface area (TPSA) is 87.1 Å². The maximum atomic E-state index is 10.8. The van der Waals surface area contributed by atoms with E-state index in [1.807, 2.05) is 0 Å². The van der Waals surface area contributed by atoms with Gasteiger partial charge >= 0.3 is 0 Å². The summed E-state index contributed by atoms with van der Waals surface area (Å²) < 4.78 is 0. The lowest BCUT2D eigenvalue weighted by atomic mass is 10.3. The number of nitro benzene ring substituents is 1. The molecule has 1 saturated carbocycles. The van der Waals surface area contributed by atoms with Crippen LogP contribution in [-0.4, -0.2) is 45.5 Å². The van der Waals surface area contributed by atoms with E-state index in [0.717, 1.165) is 31.2 Å². The van der Waals surface area contributed by atoms with Crippen molar-refractivity contribution in [1.82, 2.24) is 14.9 Å². The Morgan fingerprint density at radius 3 is 3.00 bits per heavy atom. The molecule has 3 rings (SSSR count). The summed E-state index contributed by atoms with van der Waals surface area (Å²) >= 11 is 0. The molecule has 0 bridgehead atoms. The summed E-state index contributed by atoms with van der Waals surface area (Å²) in [5.74, 6) is 0.664. The number of aromatic nitrogens is 2. The van der Waals surface area contributed by atoms with Gasteiger partial charge in [0.05, 0.1) is 16.0 Å². The second kappa shape index (κ2) is 5.69. The van der Waals surface area contributed by atoms with Gasteiger partial charge in [-0.3, -0.25) is 15.0 Å². The van der Waals surface area contributed by atoms with Crippen molar-refractivity contribution in [2.45, 2.75) is 25.8 Å². The zero-order valence-corrected chi connectivity index (χ0v) is 12.0. The maximum absolute atomic E-state index is 10.8. The zero-order valence-electron chi connectivity index (χ0n) is 12.0. The average molecular weight is 289 g/mol. The molecule has 0 unspecified atom stereocenters. The van der Waals surface area contributed by atoms with Crippen LogP contribution in [0.25, 0.3) is 11.0 Å². The number of rotatable bonds is 7. The largest absolute Gasteiger partial charge is 0.355 e. The smallest absolute Gasteiger partial charge is 0.271 e. The van der Waals surface area contributed by atoms with Gasteiger partial charge in [-0.1, -0.05) is 6.92 Å². The van der Waals surface area contributed by atoms with E-state index in [-0.39, 0.29) is 5.69 Å². The molecule has 112 valence electrons. The standard InChI is InChI=1S/C14H19N5O2/c1-2-18(10-3-4-10)8-7-15-14-16-12-6-5-11(19(20)21)9-13(12)17-14/h5-6,9-10H,2-4,7-8H2,1H3,(H2,15,16,17). The van der Waals surface area contributed by atoms with Gasteiger partial charge in [-0.05, 0) is 25.5 Å². The molecule has 0 spiro atoms. The Bertz CT molecular complexity index is 650. The quantitative estimate of drug-likeness (QED) is 0.603. The molecule has 7 nitrogen and oxygen atoms in total. The number of nitro groups is 1. The number of likely N-dealkylation sites (N-methyl/N-ethyl adjacent to an activating group) is 1. The molecule has 21 heavy (non-hydrogen) atoms. The number of H-pyrrole nitrogens is 1. The second-order valence-corrected chi connectivity index (χ2v) is 5.33. The van der Waals surface area contributed by atoms with Crippen LogP contribution in [0.2, 0.25) is 0 Å². The van der Waals surface area contributed by atoms with Crippen LogP contribution in [0.3, 0.4) is 0 Å². The molecule has 1 fully saturated rings. The number of hydrogen-bond donors (Lipinski definition) is 2. The lowest BCUT2D eigenvalue weighted by molar-refractivity contribution is -0.384. The first-order valence-electron chi connectivity index (χ1n) is 7.29. The fourth-order valence-corrected chi connectivity index (χ4v) is 2.55. The molecule has 2 N–H and O–H groups in total. The van der Waals surface area contributed by atoms with Gasteiger partial charge in [0.25, 0.3) is 5.69 Å². The highest BCUT2D eigenvalue weighted by Gasteiger charge is 2.27. The first-order chi connectivity index (χ1) is 10.2. The summed E-state index contributed by atoms with van der Waals surface area (Å²) in [5.41, 5.74) is 1.49. The van der Waals surface area contributed by atoms with Gasteiger partial charge in [-0.15, -0.1) is 0 Å². The van der Waals surface area contributed by atoms with Gasteiger partial charge in [-0.25, -0.2) is 4.98 Å². The van der Waals surface area contributed by atoms with Crippen molar-refractivity contribution in [3.63, 3.8) is 0 Å². The molecular weight excluding hydrogens is 270 g/mol. The third kappa shape index (κ3) is 3.13. The van der Waals surface area contributed by atoms with E-state index in [2.05, 4.69) is 27.1 Å². The number of nitrogens with one attached hydrogen (secondary N) is 2. The number of imidazole rings is 1. The summed E-state index contributed by atoms with van der Waals surface area (Å²) in [4.78, 5) is 20.3. The predicted octanol–water partition coefficient (Wildman–Crippen LogP) is 2.37. The number of aromatic amines is 1. The molecule has 0 aliphatic heterocycles. The minimum atomic E-state index is -0.401. The molecule has 0 saturated heterocycles. The van der Waals surface area contributed by atoms with Gasteiger partial charge in [-0.2, -0.15) is 0 Å². The summed E-state index contributed by atoms with van der Waals surface area (Å²) in [7, 11) is 0. The Morgan fingerprint density at radius 1 is 1.52 bits per heavy atom. The van der Waals surface area contributed by atoms with E-state index in [1.165, 1.54) is 25.0 Å². The zero-order chi connectivity index (χ0) is 14.8. The van der Waals surface area contributed by atoms with Crippen molar-refractivity contribution in [2.75, 3.05) is 25.0 Å². The van der Waals surface area contributed by atoms with Crippen molar-refractivity contribution in [3.8, 4) is 0 Å². The lowest BCUT2D eigenvalue weighted by Crippen LogP contribution is -2.31. The number of non-ortho nitro benzene ring substituents is 1. The molecule has 1 heterocycles. The second-order valence-electron chi connectivity index (χ2n) is 5.33. The third-order valence-electron chi connectivity index (χ3n) is 3.84. The molecule has 1 aromatic heterocycles. The Kier molecular flexibility index (Phi) is 3.74. The Balaban J connectivity index is 1.62. The van der Waals surface area contributed by atoms with Crippen LogP contribution in [0.4, 0.5) is 11.6 Å². The number of anilines is 1. The van der Waals surface area contributed by atoms with Crippen molar-refractivity contribution in [3.05, 3.63) is 28.3 Å². The van der Waals surface area contributed by atoms with Gasteiger partial charge in [0, 0.05) is 31.3 Å². The van der Waals surface area contributed by atoms with Crippen LogP contribution in [0.15, 0.2) is 18.2 Å². The van der Waals surface area contributed by atoms with Gasteiger partial charge in [0.1, 0.15) is 0 Å². The Morgan fingerprint density at radius 2 is 2.33 bits per heavy atom. The number of fused-ring (bicyclic) bond motifs is 1. The Labute approximate surface area is 122 Å². The number of hydrogen-bond acceptors (Lipinski definition) is 5. The van der Waals surface area contributed by atoms with E-state index in [1.54, 1.807) is 6.07 Å². The Hall–Kier alpha value is -2.15. The summed E-state index contributed by atoms with van der Waals surface area (Å²) in [6.07, 6.45) is 2.62. The van der Waals surface area contributed by atoms with Gasteiger partial charge in [0.2, 0.25) is 5.95 Å². The van der Waals surface area contributed by atoms with E-state index in [0.29, 0.717) is 11.5 Å². The van der Waals surface area contributed by atoms with Crippen LogP contribution in [0.1, 0.15) is 19.8 Å². The van der Waals surface area contributed by atoms with Crippen LogP contribution >= 0.6 is 0 Å². The monoisotopic (exact) mass is 289 g/mol. The minimum Gasteiger partial charge on any atom is -0.355 e. The fraction of sp³-hybridized carbons (Fsp3) is 0.500. The number of nitrogens with zero attached hydrogens (tertiary/aromatic N) is 3. The van der Waals surface area contributed by atoms with Gasteiger partial charge < -0.3 is 10.3 Å². The highest BCUT2D eigenvalue weighted by molar-refractivity contribution is 5.79. The minimum absolute atomic E-state index is 0.0728. The fourth-order valence-electron chi connectivity index (χ4n) is 2.55. The molecule has 7 heteroatoms. The molecule has 1 aliphatic carbocycles. The van der Waals surface area contributed by atoms with E-state index in [4.69, 9.17) is 0 Å². The summed E-state index contributed by atoms with van der Waals surface area (Å²) in [6.45, 7) is 5.04. The van der Waals surface area contributed by atoms with Crippen LogP contribution in [0, 0.1) is 10.1 Å². The van der Waals surface area contributed by atoms with Crippen LogP contribution in [-0.2, 0) is 0 Å². The normalized spacial score (nSPS) is 14.8. The molecule has 0 amide bonds. The maximum Gasteiger partial charge on any atom is 0.271 e. The molecular formula is C14H19N5O2. The van der Waals surface area contributed by atoms with Crippen molar-refractivity contribution < 1.29 is 4.92 Å². The van der Waals surface area contributed by atoms with Crippen LogP contribution < -0.4 is 5.32 Å². The SMILES string of the molecule is CCN(CCNc1nc2ccc([N+](=O)[O-])cc2[nH]1)C1CC1. The molecule has 2 aromatic rings. The highest BCUT2D eigenvalue weighted by Crippen LogP contribution is 2.26. The van der Waals surface area contributed by atoms with Crippen molar-refractivity contribution >= 4 is 22.7 Å². The first-order valence-corrected chi connectivity index (χ1v) is 7.29. The molecule has 1 aromatic carbocycles. The van der Waals surface area contributed by atoms with Crippen LogP contribution in [0.5, 0.6) is 0 Å².